The molecule has 3 atom stereocenters. The number of aromatic amines is 1. The minimum Gasteiger partial charge on any atom is -0.383 e. The van der Waals surface area contributed by atoms with E-state index in [9.17, 15) is 4.79 Å². The van der Waals surface area contributed by atoms with Gasteiger partial charge in [-0.15, -0.1) is 0 Å². The molecule has 0 spiro atoms. The van der Waals surface area contributed by atoms with Crippen molar-refractivity contribution in [3.05, 3.63) is 17.5 Å². The highest BCUT2D eigenvalue weighted by atomic mass is 16.5. The smallest absolute Gasteiger partial charge is 0.223 e. The molecule has 1 heterocycles. The Kier molecular flexibility index (Phi) is 9.11. The van der Waals surface area contributed by atoms with Crippen molar-refractivity contribution >= 4 is 5.91 Å². The summed E-state index contributed by atoms with van der Waals surface area (Å²) < 4.78 is 5.10. The van der Waals surface area contributed by atoms with Crippen molar-refractivity contribution in [1.29, 1.82) is 0 Å². The summed E-state index contributed by atoms with van der Waals surface area (Å²) in [5.41, 5.74) is 2.44. The highest BCUT2D eigenvalue weighted by molar-refractivity contribution is 5.79. The van der Waals surface area contributed by atoms with Crippen molar-refractivity contribution in [3.63, 3.8) is 0 Å². The Hall–Kier alpha value is -1.44. The fourth-order valence-corrected chi connectivity index (χ4v) is 4.86. The average molecular weight is 408 g/mol. The van der Waals surface area contributed by atoms with E-state index < -0.39 is 0 Å². The van der Waals surface area contributed by atoms with Gasteiger partial charge in [0.15, 0.2) is 0 Å². The molecule has 0 saturated heterocycles. The van der Waals surface area contributed by atoms with Crippen LogP contribution >= 0.6 is 0 Å². The zero-order valence-electron chi connectivity index (χ0n) is 19.2. The van der Waals surface area contributed by atoms with Gasteiger partial charge in [-0.05, 0) is 38.3 Å². The second-order valence-corrected chi connectivity index (χ2v) is 9.08. The summed E-state index contributed by atoms with van der Waals surface area (Å²) >= 11 is 0. The van der Waals surface area contributed by atoms with E-state index in [1.54, 1.807) is 7.11 Å². The van der Waals surface area contributed by atoms with Gasteiger partial charge in [0.1, 0.15) is 0 Å². The maximum absolute atomic E-state index is 13.0. The van der Waals surface area contributed by atoms with Gasteiger partial charge in [0.05, 0.1) is 12.8 Å². The van der Waals surface area contributed by atoms with Crippen molar-refractivity contribution in [2.45, 2.75) is 52.5 Å². The Bertz CT molecular complexity index is 630. The van der Waals surface area contributed by atoms with Crippen LogP contribution in [0.5, 0.6) is 0 Å². The number of hydrogen-bond acceptors (Lipinski definition) is 5. The number of H-pyrrole nitrogens is 1. The van der Waals surface area contributed by atoms with E-state index in [1.807, 2.05) is 13.2 Å². The first kappa shape index (κ1) is 23.8. The summed E-state index contributed by atoms with van der Waals surface area (Å²) in [6.07, 6.45) is 5.00. The van der Waals surface area contributed by atoms with Gasteiger partial charge in [0, 0.05) is 56.4 Å². The van der Waals surface area contributed by atoms with E-state index in [2.05, 4.69) is 53.5 Å². The third kappa shape index (κ3) is 6.03. The largest absolute Gasteiger partial charge is 0.383 e. The molecule has 1 aliphatic carbocycles. The van der Waals surface area contributed by atoms with Crippen molar-refractivity contribution in [2.24, 2.45) is 17.3 Å². The van der Waals surface area contributed by atoms with Crippen LogP contribution in [0.1, 0.15) is 57.2 Å². The minimum atomic E-state index is -0.0216. The van der Waals surface area contributed by atoms with Gasteiger partial charge in [-0.25, -0.2) is 0 Å². The zero-order chi connectivity index (χ0) is 21.4. The number of carbonyl (C=O) groups excluding carboxylic acids is 1. The standard InChI is InChI=1S/C22H41N5O2/c1-7-18-12-16(13-19(22(18,2)3)21(28)24-9-11-29-6)20-17(14-25-26-20)15-27(5)10-8-23-4/h14,16,18-19,23H,7-13,15H2,1-6H3,(H,24,28)(H,25,26). The number of hydrogen-bond donors (Lipinski definition) is 3. The van der Waals surface area contributed by atoms with Crippen LogP contribution in [-0.2, 0) is 16.1 Å². The molecule has 3 N–H and O–H groups in total. The molecule has 0 radical (unpaired) electrons. The maximum atomic E-state index is 13.0. The number of nitrogens with one attached hydrogen (secondary N) is 3. The topological polar surface area (TPSA) is 82.3 Å². The molecule has 1 aromatic heterocycles. The monoisotopic (exact) mass is 407 g/mol. The number of amides is 1. The Labute approximate surface area is 176 Å². The molecular weight excluding hydrogens is 366 g/mol. The van der Waals surface area contributed by atoms with Crippen LogP contribution in [0.15, 0.2) is 6.20 Å². The van der Waals surface area contributed by atoms with Crippen molar-refractivity contribution in [3.8, 4) is 0 Å². The van der Waals surface area contributed by atoms with Crippen LogP contribution in [0.3, 0.4) is 0 Å². The summed E-state index contributed by atoms with van der Waals surface area (Å²) in [4.78, 5) is 15.3. The number of methoxy groups -OCH3 is 1. The quantitative estimate of drug-likeness (QED) is 0.491. The first-order valence-electron chi connectivity index (χ1n) is 11.0. The Morgan fingerprint density at radius 3 is 2.79 bits per heavy atom. The second kappa shape index (κ2) is 11.1. The van der Waals surface area contributed by atoms with E-state index in [-0.39, 0.29) is 17.2 Å². The van der Waals surface area contributed by atoms with Crippen LogP contribution in [0.4, 0.5) is 0 Å². The fourth-order valence-electron chi connectivity index (χ4n) is 4.86. The highest BCUT2D eigenvalue weighted by Gasteiger charge is 2.47. The molecule has 7 heteroatoms. The molecule has 1 fully saturated rings. The molecule has 0 aliphatic heterocycles. The fraction of sp³-hybridized carbons (Fsp3) is 0.818. The summed E-state index contributed by atoms with van der Waals surface area (Å²) in [5.74, 6) is 0.975. The second-order valence-electron chi connectivity index (χ2n) is 9.08. The Balaban J connectivity index is 2.17. The Morgan fingerprint density at radius 1 is 1.38 bits per heavy atom. The molecule has 1 saturated carbocycles. The Morgan fingerprint density at radius 2 is 2.14 bits per heavy atom. The lowest BCUT2D eigenvalue weighted by Crippen LogP contribution is -2.47. The summed E-state index contributed by atoms with van der Waals surface area (Å²) in [6, 6.07) is 0. The van der Waals surface area contributed by atoms with E-state index in [4.69, 9.17) is 4.74 Å². The van der Waals surface area contributed by atoms with Gasteiger partial charge < -0.3 is 20.3 Å². The first-order chi connectivity index (χ1) is 13.8. The highest BCUT2D eigenvalue weighted by Crippen LogP contribution is 2.51. The normalized spacial score (nSPS) is 24.0. The predicted molar refractivity (Wildman–Crippen MR) is 117 cm³/mol. The summed E-state index contributed by atoms with van der Waals surface area (Å²) in [5, 5.41) is 13.9. The molecule has 1 aliphatic rings. The molecule has 1 aromatic rings. The molecule has 7 nitrogen and oxygen atoms in total. The lowest BCUT2D eigenvalue weighted by Gasteiger charge is -2.47. The summed E-state index contributed by atoms with van der Waals surface area (Å²) in [7, 11) is 5.77. The summed E-state index contributed by atoms with van der Waals surface area (Å²) in [6.45, 7) is 10.7. The third-order valence-corrected chi connectivity index (χ3v) is 6.80. The van der Waals surface area contributed by atoms with Gasteiger partial charge in [-0.1, -0.05) is 27.2 Å². The van der Waals surface area contributed by atoms with Gasteiger partial charge >= 0.3 is 0 Å². The number of rotatable bonds is 11. The molecule has 166 valence electrons. The van der Waals surface area contributed by atoms with Crippen LogP contribution in [0.25, 0.3) is 0 Å². The van der Waals surface area contributed by atoms with E-state index in [1.165, 1.54) is 11.3 Å². The van der Waals surface area contributed by atoms with Crippen LogP contribution in [0.2, 0.25) is 0 Å². The number of likely N-dealkylation sites (N-methyl/N-ethyl adjacent to an activating group) is 2. The zero-order valence-corrected chi connectivity index (χ0v) is 19.2. The average Bonchev–Trinajstić information content (AvgIpc) is 3.14. The molecule has 3 unspecified atom stereocenters. The van der Waals surface area contributed by atoms with Gasteiger partial charge in [-0.3, -0.25) is 9.89 Å². The minimum absolute atomic E-state index is 0.0128. The van der Waals surface area contributed by atoms with Gasteiger partial charge in [0.2, 0.25) is 5.91 Å². The number of aromatic nitrogens is 2. The van der Waals surface area contributed by atoms with Crippen molar-refractivity contribution in [2.75, 3.05) is 47.4 Å². The SMILES string of the molecule is CCC1CC(c2[nH]ncc2CN(C)CCNC)CC(C(=O)NCCOC)C1(C)C. The molecular formula is C22H41N5O2. The third-order valence-electron chi connectivity index (χ3n) is 6.80. The van der Waals surface area contributed by atoms with Crippen LogP contribution in [0, 0.1) is 17.3 Å². The molecule has 2 rings (SSSR count). The molecule has 0 aromatic carbocycles. The van der Waals surface area contributed by atoms with E-state index in [0.717, 1.165) is 38.9 Å². The van der Waals surface area contributed by atoms with Crippen LogP contribution < -0.4 is 10.6 Å². The molecule has 0 bridgehead atoms. The number of carbonyl (C=O) groups is 1. The van der Waals surface area contributed by atoms with E-state index in [0.29, 0.717) is 25.0 Å². The van der Waals surface area contributed by atoms with Crippen LogP contribution in [-0.4, -0.2) is 68.5 Å². The van der Waals surface area contributed by atoms with E-state index >= 15 is 0 Å². The number of ether oxygens (including phenoxy) is 1. The first-order valence-corrected chi connectivity index (χ1v) is 11.0. The van der Waals surface area contributed by atoms with Gasteiger partial charge in [0.25, 0.3) is 0 Å². The van der Waals surface area contributed by atoms with Gasteiger partial charge in [-0.2, -0.15) is 5.10 Å². The maximum Gasteiger partial charge on any atom is 0.223 e. The molecule has 1 amide bonds. The van der Waals surface area contributed by atoms with Crippen molar-refractivity contribution in [1.82, 2.24) is 25.7 Å². The predicted octanol–water partition coefficient (Wildman–Crippen LogP) is 2.37. The number of nitrogens with zero attached hydrogens (tertiary/aromatic N) is 2. The molecule has 29 heavy (non-hydrogen) atoms. The lowest BCUT2D eigenvalue weighted by atomic mass is 9.57. The van der Waals surface area contributed by atoms with Crippen molar-refractivity contribution < 1.29 is 9.53 Å². The lowest BCUT2D eigenvalue weighted by molar-refractivity contribution is -0.133.